The van der Waals surface area contributed by atoms with Crippen molar-refractivity contribution in [3.63, 3.8) is 0 Å². The summed E-state index contributed by atoms with van der Waals surface area (Å²) >= 11 is 7.58. The third kappa shape index (κ3) is 3.95. The predicted octanol–water partition coefficient (Wildman–Crippen LogP) is 3.68. The molecule has 0 atom stereocenters. The van der Waals surface area contributed by atoms with Crippen LogP contribution < -0.4 is 10.1 Å². The van der Waals surface area contributed by atoms with Gasteiger partial charge in [-0.15, -0.1) is 11.3 Å². The summed E-state index contributed by atoms with van der Waals surface area (Å²) in [6, 6.07) is 5.16. The number of carbonyl (C=O) groups is 1. The van der Waals surface area contributed by atoms with Crippen LogP contribution in [0.4, 0.5) is 5.69 Å². The van der Waals surface area contributed by atoms with Gasteiger partial charge in [0.15, 0.2) is 0 Å². The van der Waals surface area contributed by atoms with Gasteiger partial charge in [-0.25, -0.2) is 4.98 Å². The summed E-state index contributed by atoms with van der Waals surface area (Å²) in [6.45, 7) is 1.94. The summed E-state index contributed by atoms with van der Waals surface area (Å²) in [5.41, 5.74) is 1.66. The Morgan fingerprint density at radius 1 is 1.50 bits per heavy atom. The van der Waals surface area contributed by atoms with E-state index in [4.69, 9.17) is 16.3 Å². The zero-order valence-corrected chi connectivity index (χ0v) is 12.8. The van der Waals surface area contributed by atoms with E-state index in [0.717, 1.165) is 10.7 Å². The van der Waals surface area contributed by atoms with Gasteiger partial charge in [0.1, 0.15) is 5.75 Å². The Morgan fingerprint density at radius 3 is 2.90 bits per heavy atom. The molecule has 1 aromatic carbocycles. The molecule has 0 bridgehead atoms. The van der Waals surface area contributed by atoms with Crippen molar-refractivity contribution in [2.24, 2.45) is 0 Å². The Hall–Kier alpha value is -1.59. The summed E-state index contributed by atoms with van der Waals surface area (Å²) < 4.78 is 5.06. The molecule has 6 heteroatoms. The second kappa shape index (κ2) is 6.72. The number of nitrogens with one attached hydrogen (secondary N) is 1. The SMILES string of the molecule is COc1ccc(NC(=O)CCc2nc(C)cs2)cc1Cl. The maximum atomic E-state index is 11.8. The topological polar surface area (TPSA) is 51.2 Å². The van der Waals surface area contributed by atoms with Gasteiger partial charge in [0.25, 0.3) is 0 Å². The second-order valence-electron chi connectivity index (χ2n) is 4.28. The molecule has 0 unspecified atom stereocenters. The molecule has 0 fully saturated rings. The first-order chi connectivity index (χ1) is 9.58. The van der Waals surface area contributed by atoms with Crippen molar-refractivity contribution in [3.8, 4) is 5.75 Å². The van der Waals surface area contributed by atoms with Crippen LogP contribution in [-0.4, -0.2) is 18.0 Å². The van der Waals surface area contributed by atoms with Gasteiger partial charge in [-0.1, -0.05) is 11.6 Å². The van der Waals surface area contributed by atoms with Crippen LogP contribution in [0.1, 0.15) is 17.1 Å². The quantitative estimate of drug-likeness (QED) is 0.916. The smallest absolute Gasteiger partial charge is 0.224 e. The molecular formula is C14H15ClN2O2S. The van der Waals surface area contributed by atoms with Gasteiger partial charge in [-0.3, -0.25) is 4.79 Å². The summed E-state index contributed by atoms with van der Waals surface area (Å²) in [6.07, 6.45) is 1.05. The van der Waals surface area contributed by atoms with Crippen LogP contribution in [0.25, 0.3) is 0 Å². The minimum absolute atomic E-state index is 0.0564. The lowest BCUT2D eigenvalue weighted by molar-refractivity contribution is -0.116. The Bertz CT molecular complexity index is 613. The predicted molar refractivity (Wildman–Crippen MR) is 81.8 cm³/mol. The molecule has 1 heterocycles. The molecule has 0 aliphatic rings. The van der Waals surface area contributed by atoms with E-state index in [1.807, 2.05) is 12.3 Å². The number of aryl methyl sites for hydroxylation is 2. The molecule has 0 radical (unpaired) electrons. The largest absolute Gasteiger partial charge is 0.495 e. The summed E-state index contributed by atoms with van der Waals surface area (Å²) in [5.74, 6) is 0.530. The van der Waals surface area contributed by atoms with E-state index >= 15 is 0 Å². The van der Waals surface area contributed by atoms with E-state index in [2.05, 4.69) is 10.3 Å². The third-order valence-electron chi connectivity index (χ3n) is 2.67. The maximum Gasteiger partial charge on any atom is 0.224 e. The van der Waals surface area contributed by atoms with Crippen LogP contribution in [0, 0.1) is 6.92 Å². The Labute approximate surface area is 126 Å². The number of halogens is 1. The zero-order valence-electron chi connectivity index (χ0n) is 11.3. The zero-order chi connectivity index (χ0) is 14.5. The molecule has 0 saturated heterocycles. The Morgan fingerprint density at radius 2 is 2.30 bits per heavy atom. The van der Waals surface area contributed by atoms with Gasteiger partial charge in [0.2, 0.25) is 5.91 Å². The first-order valence-corrected chi connectivity index (χ1v) is 7.38. The fraction of sp³-hybridized carbons (Fsp3) is 0.286. The number of carbonyl (C=O) groups excluding carboxylic acids is 1. The lowest BCUT2D eigenvalue weighted by Crippen LogP contribution is -2.12. The molecule has 0 saturated carbocycles. The summed E-state index contributed by atoms with van der Waals surface area (Å²) in [4.78, 5) is 16.2. The van der Waals surface area contributed by atoms with Crippen molar-refractivity contribution in [1.82, 2.24) is 4.98 Å². The van der Waals surface area contributed by atoms with Crippen LogP contribution in [0.3, 0.4) is 0 Å². The lowest BCUT2D eigenvalue weighted by Gasteiger charge is -2.07. The van der Waals surface area contributed by atoms with E-state index < -0.39 is 0 Å². The van der Waals surface area contributed by atoms with E-state index in [-0.39, 0.29) is 5.91 Å². The average molecular weight is 311 g/mol. The first-order valence-electron chi connectivity index (χ1n) is 6.13. The number of thiazole rings is 1. The molecule has 4 nitrogen and oxygen atoms in total. The van der Waals surface area contributed by atoms with Gasteiger partial charge < -0.3 is 10.1 Å². The van der Waals surface area contributed by atoms with Gasteiger partial charge >= 0.3 is 0 Å². The number of methoxy groups -OCH3 is 1. The molecule has 0 aliphatic carbocycles. The molecule has 0 spiro atoms. The number of benzene rings is 1. The van der Waals surface area contributed by atoms with Crippen LogP contribution in [0.15, 0.2) is 23.6 Å². The van der Waals surface area contributed by atoms with E-state index in [1.54, 1.807) is 36.6 Å². The molecule has 1 amide bonds. The first kappa shape index (κ1) is 14.8. The fourth-order valence-corrected chi connectivity index (χ4v) is 2.74. The fourth-order valence-electron chi connectivity index (χ4n) is 1.71. The van der Waals surface area contributed by atoms with Crippen molar-refractivity contribution in [3.05, 3.63) is 39.3 Å². The highest BCUT2D eigenvalue weighted by molar-refractivity contribution is 7.09. The number of nitrogens with zero attached hydrogens (tertiary/aromatic N) is 1. The summed E-state index contributed by atoms with van der Waals surface area (Å²) in [5, 5.41) is 6.24. The van der Waals surface area contributed by atoms with Gasteiger partial charge in [0, 0.05) is 29.6 Å². The number of anilines is 1. The summed E-state index contributed by atoms with van der Waals surface area (Å²) in [7, 11) is 1.55. The molecule has 20 heavy (non-hydrogen) atoms. The molecule has 0 aliphatic heterocycles. The minimum Gasteiger partial charge on any atom is -0.495 e. The normalized spacial score (nSPS) is 10.3. The van der Waals surface area contributed by atoms with Crippen molar-refractivity contribution in [2.75, 3.05) is 12.4 Å². The van der Waals surface area contributed by atoms with Gasteiger partial charge in [0.05, 0.1) is 17.1 Å². The van der Waals surface area contributed by atoms with Gasteiger partial charge in [-0.05, 0) is 25.1 Å². The number of ether oxygens (including phenoxy) is 1. The maximum absolute atomic E-state index is 11.8. The molecule has 2 rings (SSSR count). The Balaban J connectivity index is 1.89. The van der Waals surface area contributed by atoms with Gasteiger partial charge in [-0.2, -0.15) is 0 Å². The number of hydrogen-bond acceptors (Lipinski definition) is 4. The van der Waals surface area contributed by atoms with Crippen LogP contribution in [0.5, 0.6) is 5.75 Å². The molecule has 106 valence electrons. The number of aromatic nitrogens is 1. The highest BCUT2D eigenvalue weighted by Gasteiger charge is 2.07. The van der Waals surface area contributed by atoms with E-state index in [0.29, 0.717) is 29.3 Å². The lowest BCUT2D eigenvalue weighted by atomic mass is 10.2. The monoisotopic (exact) mass is 310 g/mol. The minimum atomic E-state index is -0.0564. The van der Waals surface area contributed by atoms with Crippen LogP contribution in [-0.2, 0) is 11.2 Å². The van der Waals surface area contributed by atoms with E-state index in [1.165, 1.54) is 0 Å². The van der Waals surface area contributed by atoms with Crippen molar-refractivity contribution >= 4 is 34.5 Å². The second-order valence-corrected chi connectivity index (χ2v) is 5.63. The number of rotatable bonds is 5. The third-order valence-corrected chi connectivity index (χ3v) is 3.99. The van der Waals surface area contributed by atoms with Crippen LogP contribution in [0.2, 0.25) is 5.02 Å². The number of amides is 1. The average Bonchev–Trinajstić information content (AvgIpc) is 2.82. The Kier molecular flexibility index (Phi) is 4.98. The standard InChI is InChI=1S/C14H15ClN2O2S/c1-9-8-20-14(16-9)6-5-13(18)17-10-3-4-12(19-2)11(15)7-10/h3-4,7-8H,5-6H2,1-2H3,(H,17,18). The van der Waals surface area contributed by atoms with Crippen LogP contribution >= 0.6 is 22.9 Å². The van der Waals surface area contributed by atoms with Crippen molar-refractivity contribution < 1.29 is 9.53 Å². The highest BCUT2D eigenvalue weighted by Crippen LogP contribution is 2.27. The molecule has 2 aromatic rings. The molecule has 1 N–H and O–H groups in total. The molecule has 1 aromatic heterocycles. The molecular weight excluding hydrogens is 296 g/mol. The van der Waals surface area contributed by atoms with E-state index in [9.17, 15) is 4.79 Å². The van der Waals surface area contributed by atoms with Crippen molar-refractivity contribution in [1.29, 1.82) is 0 Å². The highest BCUT2D eigenvalue weighted by atomic mass is 35.5. The van der Waals surface area contributed by atoms with Crippen molar-refractivity contribution in [2.45, 2.75) is 19.8 Å². The number of hydrogen-bond donors (Lipinski definition) is 1.